The van der Waals surface area contributed by atoms with Crippen molar-refractivity contribution in [2.24, 2.45) is 0 Å². The lowest BCUT2D eigenvalue weighted by molar-refractivity contribution is -0.0425. The van der Waals surface area contributed by atoms with Crippen molar-refractivity contribution >= 4 is 11.6 Å². The van der Waals surface area contributed by atoms with E-state index >= 15 is 0 Å². The molecule has 0 radical (unpaired) electrons. The fraction of sp³-hybridized carbons (Fsp3) is 0.381. The number of hydrogen-bond acceptors (Lipinski definition) is 6. The number of halogens is 2. The predicted molar refractivity (Wildman–Crippen MR) is 108 cm³/mol. The number of aliphatic hydroxyl groups is 2. The van der Waals surface area contributed by atoms with Gasteiger partial charge in [0, 0.05) is 23.6 Å². The summed E-state index contributed by atoms with van der Waals surface area (Å²) in [6, 6.07) is 6.62. The fourth-order valence-electron chi connectivity index (χ4n) is 3.80. The standard InChI is InChI=1S/C21H23F2N5O2/c1-12-7-13(9-15(8-12)26-21-24-6-5-16(27-21)20(22)23)14-10-25-28(11-14)17-3-2-4-18(29)19(17)30/h5-11,17-20,29-30H,2-4H2,1H3,(H,24,26,27)/t17-,18-,19+/m1/s1. The largest absolute Gasteiger partial charge is 0.390 e. The highest BCUT2D eigenvalue weighted by Crippen LogP contribution is 2.31. The van der Waals surface area contributed by atoms with Crippen LogP contribution in [0.5, 0.6) is 0 Å². The summed E-state index contributed by atoms with van der Waals surface area (Å²) in [7, 11) is 0. The van der Waals surface area contributed by atoms with Gasteiger partial charge in [0.1, 0.15) is 11.8 Å². The molecule has 0 aliphatic heterocycles. The van der Waals surface area contributed by atoms with Crippen molar-refractivity contribution in [1.29, 1.82) is 0 Å². The Kier molecular flexibility index (Phi) is 5.74. The second kappa shape index (κ2) is 8.45. The molecule has 3 aromatic rings. The summed E-state index contributed by atoms with van der Waals surface area (Å²) >= 11 is 0. The van der Waals surface area contributed by atoms with Gasteiger partial charge in [-0.15, -0.1) is 0 Å². The zero-order valence-electron chi connectivity index (χ0n) is 16.4. The second-order valence-electron chi connectivity index (χ2n) is 7.58. The van der Waals surface area contributed by atoms with Crippen LogP contribution in [0.15, 0.2) is 42.9 Å². The SMILES string of the molecule is Cc1cc(Nc2nccc(C(F)F)n2)cc(-c2cnn([C@@H]3CCC[C@@H](O)[C@H]3O)c2)c1. The highest BCUT2D eigenvalue weighted by molar-refractivity contribution is 5.70. The maximum absolute atomic E-state index is 12.9. The predicted octanol–water partition coefficient (Wildman–Crippen LogP) is 3.78. The summed E-state index contributed by atoms with van der Waals surface area (Å²) in [4.78, 5) is 7.85. The Morgan fingerprint density at radius 1 is 1.17 bits per heavy atom. The van der Waals surface area contributed by atoms with Gasteiger partial charge in [0.2, 0.25) is 5.95 Å². The van der Waals surface area contributed by atoms with Crippen molar-refractivity contribution in [2.75, 3.05) is 5.32 Å². The number of hydrogen-bond donors (Lipinski definition) is 3. The van der Waals surface area contributed by atoms with E-state index in [-0.39, 0.29) is 17.7 Å². The van der Waals surface area contributed by atoms with Crippen molar-refractivity contribution < 1.29 is 19.0 Å². The highest BCUT2D eigenvalue weighted by Gasteiger charge is 2.32. The van der Waals surface area contributed by atoms with E-state index in [2.05, 4.69) is 20.4 Å². The molecule has 3 N–H and O–H groups in total. The molecule has 1 aromatic carbocycles. The zero-order chi connectivity index (χ0) is 21.3. The molecule has 158 valence electrons. The first-order chi connectivity index (χ1) is 14.4. The summed E-state index contributed by atoms with van der Waals surface area (Å²) in [5.74, 6) is 0.0966. The molecule has 30 heavy (non-hydrogen) atoms. The maximum Gasteiger partial charge on any atom is 0.280 e. The van der Waals surface area contributed by atoms with Crippen LogP contribution in [0.1, 0.15) is 43.0 Å². The third-order valence-corrected chi connectivity index (χ3v) is 5.30. The molecule has 1 fully saturated rings. The van der Waals surface area contributed by atoms with Gasteiger partial charge in [-0.25, -0.2) is 18.7 Å². The van der Waals surface area contributed by atoms with Crippen LogP contribution in [0.2, 0.25) is 0 Å². The zero-order valence-corrected chi connectivity index (χ0v) is 16.4. The van der Waals surface area contributed by atoms with Crippen molar-refractivity contribution in [3.05, 3.63) is 54.1 Å². The quantitative estimate of drug-likeness (QED) is 0.587. The molecule has 0 unspecified atom stereocenters. The molecule has 2 heterocycles. The van der Waals surface area contributed by atoms with E-state index in [1.54, 1.807) is 10.9 Å². The summed E-state index contributed by atoms with van der Waals surface area (Å²) in [5, 5.41) is 27.6. The third-order valence-electron chi connectivity index (χ3n) is 5.30. The van der Waals surface area contributed by atoms with E-state index in [4.69, 9.17) is 0 Å². The van der Waals surface area contributed by atoms with Gasteiger partial charge in [-0.05, 0) is 55.5 Å². The number of aromatic nitrogens is 4. The Morgan fingerprint density at radius 2 is 2.00 bits per heavy atom. The van der Waals surface area contributed by atoms with Crippen LogP contribution in [-0.2, 0) is 0 Å². The fourth-order valence-corrected chi connectivity index (χ4v) is 3.80. The average molecular weight is 415 g/mol. The number of anilines is 2. The first kappa shape index (κ1) is 20.4. The van der Waals surface area contributed by atoms with E-state index in [0.717, 1.165) is 29.5 Å². The molecular formula is C21H23F2N5O2. The molecule has 1 saturated carbocycles. The van der Waals surface area contributed by atoms with E-state index in [1.165, 1.54) is 12.3 Å². The first-order valence-electron chi connectivity index (χ1n) is 9.81. The van der Waals surface area contributed by atoms with Crippen molar-refractivity contribution in [2.45, 2.75) is 50.9 Å². The van der Waals surface area contributed by atoms with Crippen LogP contribution < -0.4 is 5.32 Å². The Hall–Kier alpha value is -2.91. The summed E-state index contributed by atoms with van der Waals surface area (Å²) in [6.07, 6.45) is 2.76. The Morgan fingerprint density at radius 3 is 2.80 bits per heavy atom. The smallest absolute Gasteiger partial charge is 0.280 e. The lowest BCUT2D eigenvalue weighted by atomic mass is 9.90. The number of nitrogens with one attached hydrogen (secondary N) is 1. The van der Waals surface area contributed by atoms with E-state index in [9.17, 15) is 19.0 Å². The van der Waals surface area contributed by atoms with Crippen molar-refractivity contribution in [3.63, 3.8) is 0 Å². The molecule has 0 saturated heterocycles. The Bertz CT molecular complexity index is 1030. The minimum Gasteiger partial charge on any atom is -0.390 e. The normalized spacial score (nSPS) is 21.7. The van der Waals surface area contributed by atoms with Gasteiger partial charge in [-0.3, -0.25) is 4.68 Å². The minimum atomic E-state index is -2.67. The van der Waals surface area contributed by atoms with Crippen molar-refractivity contribution in [3.8, 4) is 11.1 Å². The van der Waals surface area contributed by atoms with Gasteiger partial charge < -0.3 is 15.5 Å². The monoisotopic (exact) mass is 415 g/mol. The molecule has 0 amide bonds. The number of aryl methyl sites for hydroxylation is 1. The minimum absolute atomic E-state index is 0.0966. The molecule has 2 aromatic heterocycles. The number of alkyl halides is 2. The topological polar surface area (TPSA) is 96.1 Å². The number of nitrogens with zero attached hydrogens (tertiary/aromatic N) is 4. The van der Waals surface area contributed by atoms with E-state index in [0.29, 0.717) is 12.1 Å². The van der Waals surface area contributed by atoms with Gasteiger partial charge in [-0.1, -0.05) is 6.07 Å². The van der Waals surface area contributed by atoms with Gasteiger partial charge in [0.15, 0.2) is 0 Å². The van der Waals surface area contributed by atoms with Gasteiger partial charge >= 0.3 is 0 Å². The van der Waals surface area contributed by atoms with Crippen LogP contribution in [0, 0.1) is 6.92 Å². The number of benzene rings is 1. The average Bonchev–Trinajstić information content (AvgIpc) is 3.20. The molecule has 0 bridgehead atoms. The number of rotatable bonds is 5. The van der Waals surface area contributed by atoms with Crippen LogP contribution in [-0.4, -0.2) is 42.2 Å². The summed E-state index contributed by atoms with van der Waals surface area (Å²) in [6.45, 7) is 1.93. The van der Waals surface area contributed by atoms with Crippen molar-refractivity contribution in [1.82, 2.24) is 19.7 Å². The van der Waals surface area contributed by atoms with Crippen LogP contribution in [0.3, 0.4) is 0 Å². The molecule has 9 heteroatoms. The summed E-state index contributed by atoms with van der Waals surface area (Å²) in [5.41, 5.74) is 3.00. The Balaban J connectivity index is 1.58. The lowest BCUT2D eigenvalue weighted by Crippen LogP contribution is -2.38. The Labute approximate surface area is 172 Å². The van der Waals surface area contributed by atoms with Gasteiger partial charge in [-0.2, -0.15) is 5.10 Å². The molecule has 0 spiro atoms. The van der Waals surface area contributed by atoms with E-state index < -0.39 is 18.6 Å². The molecule has 4 rings (SSSR count). The molecule has 1 aliphatic rings. The van der Waals surface area contributed by atoms with Crippen LogP contribution in [0.25, 0.3) is 11.1 Å². The highest BCUT2D eigenvalue weighted by atomic mass is 19.3. The maximum atomic E-state index is 12.9. The molecular weight excluding hydrogens is 392 g/mol. The third kappa shape index (κ3) is 4.31. The number of aliphatic hydroxyl groups excluding tert-OH is 2. The summed E-state index contributed by atoms with van der Waals surface area (Å²) < 4.78 is 27.5. The van der Waals surface area contributed by atoms with Crippen LogP contribution >= 0.6 is 0 Å². The molecule has 1 aliphatic carbocycles. The molecule has 7 nitrogen and oxygen atoms in total. The lowest BCUT2D eigenvalue weighted by Gasteiger charge is -2.31. The van der Waals surface area contributed by atoms with Gasteiger partial charge in [0.25, 0.3) is 6.43 Å². The molecule has 3 atom stereocenters. The van der Waals surface area contributed by atoms with Gasteiger partial charge in [0.05, 0.1) is 18.3 Å². The van der Waals surface area contributed by atoms with Crippen LogP contribution in [0.4, 0.5) is 20.4 Å². The second-order valence-corrected chi connectivity index (χ2v) is 7.58. The van der Waals surface area contributed by atoms with E-state index in [1.807, 2.05) is 31.3 Å². The first-order valence-corrected chi connectivity index (χ1v) is 9.81.